The highest BCUT2D eigenvalue weighted by Crippen LogP contribution is 2.21. The Balaban J connectivity index is 2.17. The van der Waals surface area contributed by atoms with Crippen molar-refractivity contribution in [2.24, 2.45) is 0 Å². The van der Waals surface area contributed by atoms with Crippen molar-refractivity contribution in [3.8, 4) is 0 Å². The van der Waals surface area contributed by atoms with E-state index in [9.17, 15) is 9.59 Å². The van der Waals surface area contributed by atoms with Crippen LogP contribution in [0.15, 0.2) is 24.3 Å². The van der Waals surface area contributed by atoms with Crippen molar-refractivity contribution in [3.63, 3.8) is 0 Å². The van der Waals surface area contributed by atoms with E-state index in [0.717, 1.165) is 24.3 Å². The summed E-state index contributed by atoms with van der Waals surface area (Å²) in [6.45, 7) is 3.59. The largest absolute Gasteiger partial charge is 0.347 e. The molecule has 1 aliphatic heterocycles. The number of amides is 2. The highest BCUT2D eigenvalue weighted by atomic mass is 16.2. The first-order chi connectivity index (χ1) is 8.68. The summed E-state index contributed by atoms with van der Waals surface area (Å²) in [5, 5.41) is 5.82. The van der Waals surface area contributed by atoms with Crippen molar-refractivity contribution >= 4 is 17.5 Å². The van der Waals surface area contributed by atoms with Gasteiger partial charge in [0.2, 0.25) is 11.8 Å². The molecule has 18 heavy (non-hydrogen) atoms. The van der Waals surface area contributed by atoms with Crippen LogP contribution in [0.1, 0.15) is 12.5 Å². The van der Waals surface area contributed by atoms with E-state index >= 15 is 0 Å². The standard InChI is InChI=1S/C13H17N3O2/c1-10(17)15-9-13(18)16-7-6-14-8-11-4-2-3-5-12(11)16/h2-5,14H,6-9H2,1H3,(H,15,17). The number of nitrogens with zero attached hydrogens (tertiary/aromatic N) is 1. The highest BCUT2D eigenvalue weighted by Gasteiger charge is 2.20. The molecule has 0 bridgehead atoms. The summed E-state index contributed by atoms with van der Waals surface area (Å²) in [7, 11) is 0. The Labute approximate surface area is 106 Å². The SMILES string of the molecule is CC(=O)NCC(=O)N1CCNCc2ccccc21. The van der Waals surface area contributed by atoms with Crippen LogP contribution in [-0.2, 0) is 16.1 Å². The van der Waals surface area contributed by atoms with E-state index in [1.165, 1.54) is 6.92 Å². The summed E-state index contributed by atoms with van der Waals surface area (Å²) in [6, 6.07) is 7.82. The first-order valence-corrected chi connectivity index (χ1v) is 6.02. The van der Waals surface area contributed by atoms with Gasteiger partial charge in [-0.15, -0.1) is 0 Å². The van der Waals surface area contributed by atoms with Crippen LogP contribution < -0.4 is 15.5 Å². The maximum atomic E-state index is 12.1. The topological polar surface area (TPSA) is 61.4 Å². The molecule has 2 amide bonds. The molecule has 0 aromatic heterocycles. The molecule has 2 rings (SSSR count). The van der Waals surface area contributed by atoms with Crippen LogP contribution in [-0.4, -0.2) is 31.4 Å². The number of para-hydroxylation sites is 1. The molecule has 1 aromatic rings. The second kappa shape index (κ2) is 5.64. The van der Waals surface area contributed by atoms with Crippen LogP contribution in [0.4, 0.5) is 5.69 Å². The van der Waals surface area contributed by atoms with E-state index in [0.29, 0.717) is 6.54 Å². The Morgan fingerprint density at radius 3 is 2.94 bits per heavy atom. The number of rotatable bonds is 2. The van der Waals surface area contributed by atoms with Crippen LogP contribution in [0.25, 0.3) is 0 Å². The van der Waals surface area contributed by atoms with E-state index in [-0.39, 0.29) is 18.4 Å². The van der Waals surface area contributed by atoms with Crippen molar-refractivity contribution in [2.75, 3.05) is 24.5 Å². The van der Waals surface area contributed by atoms with E-state index < -0.39 is 0 Å². The quantitative estimate of drug-likeness (QED) is 0.788. The summed E-state index contributed by atoms with van der Waals surface area (Å²) in [5.74, 6) is -0.272. The van der Waals surface area contributed by atoms with Crippen molar-refractivity contribution in [2.45, 2.75) is 13.5 Å². The molecule has 1 heterocycles. The normalized spacial score (nSPS) is 14.6. The van der Waals surface area contributed by atoms with Crippen molar-refractivity contribution in [1.29, 1.82) is 0 Å². The molecule has 5 nitrogen and oxygen atoms in total. The fourth-order valence-corrected chi connectivity index (χ4v) is 2.01. The van der Waals surface area contributed by atoms with Gasteiger partial charge in [0, 0.05) is 32.2 Å². The number of anilines is 1. The molecule has 5 heteroatoms. The zero-order valence-electron chi connectivity index (χ0n) is 10.4. The van der Waals surface area contributed by atoms with E-state index in [4.69, 9.17) is 0 Å². The maximum Gasteiger partial charge on any atom is 0.246 e. The lowest BCUT2D eigenvalue weighted by Crippen LogP contribution is -2.41. The molecular formula is C13H17N3O2. The van der Waals surface area contributed by atoms with E-state index in [2.05, 4.69) is 10.6 Å². The minimum Gasteiger partial charge on any atom is -0.347 e. The second-order valence-corrected chi connectivity index (χ2v) is 4.26. The smallest absolute Gasteiger partial charge is 0.246 e. The van der Waals surface area contributed by atoms with E-state index in [1.807, 2.05) is 24.3 Å². The summed E-state index contributed by atoms with van der Waals surface area (Å²) in [6.07, 6.45) is 0. The fraction of sp³-hybridized carbons (Fsp3) is 0.385. The summed E-state index contributed by atoms with van der Waals surface area (Å²) in [5.41, 5.74) is 2.03. The number of fused-ring (bicyclic) bond motifs is 1. The zero-order valence-corrected chi connectivity index (χ0v) is 10.4. The first-order valence-electron chi connectivity index (χ1n) is 6.02. The second-order valence-electron chi connectivity index (χ2n) is 4.26. The van der Waals surface area contributed by atoms with Gasteiger partial charge in [-0.05, 0) is 11.6 Å². The van der Waals surface area contributed by atoms with Gasteiger partial charge in [0.1, 0.15) is 0 Å². The minimum atomic E-state index is -0.190. The van der Waals surface area contributed by atoms with Gasteiger partial charge >= 0.3 is 0 Å². The number of hydrogen-bond donors (Lipinski definition) is 2. The Morgan fingerprint density at radius 1 is 1.39 bits per heavy atom. The number of carbonyl (C=O) groups is 2. The average Bonchev–Trinajstić information content (AvgIpc) is 2.58. The Bertz CT molecular complexity index is 459. The van der Waals surface area contributed by atoms with Gasteiger partial charge in [0.15, 0.2) is 0 Å². The molecule has 0 fully saturated rings. The zero-order chi connectivity index (χ0) is 13.0. The van der Waals surface area contributed by atoms with Crippen LogP contribution in [0.3, 0.4) is 0 Å². The molecule has 2 N–H and O–H groups in total. The van der Waals surface area contributed by atoms with Gasteiger partial charge in [-0.1, -0.05) is 18.2 Å². The molecule has 1 aliphatic rings. The lowest BCUT2D eigenvalue weighted by molar-refractivity contribution is -0.123. The Hall–Kier alpha value is -1.88. The Kier molecular flexibility index (Phi) is 3.94. The molecule has 0 atom stereocenters. The maximum absolute atomic E-state index is 12.1. The highest BCUT2D eigenvalue weighted by molar-refractivity contribution is 5.97. The van der Waals surface area contributed by atoms with Gasteiger partial charge in [0.25, 0.3) is 0 Å². The molecule has 0 saturated carbocycles. The van der Waals surface area contributed by atoms with Crippen LogP contribution >= 0.6 is 0 Å². The number of benzene rings is 1. The lowest BCUT2D eigenvalue weighted by atomic mass is 10.1. The van der Waals surface area contributed by atoms with Crippen molar-refractivity contribution < 1.29 is 9.59 Å². The summed E-state index contributed by atoms with van der Waals surface area (Å²) in [4.78, 5) is 24.7. The predicted octanol–water partition coefficient (Wildman–Crippen LogP) is 0.259. The number of nitrogens with one attached hydrogen (secondary N) is 2. The fourth-order valence-electron chi connectivity index (χ4n) is 2.01. The molecule has 96 valence electrons. The molecule has 0 radical (unpaired) electrons. The monoisotopic (exact) mass is 247 g/mol. The van der Waals surface area contributed by atoms with Crippen molar-refractivity contribution in [1.82, 2.24) is 10.6 Å². The third-order valence-corrected chi connectivity index (χ3v) is 2.90. The predicted molar refractivity (Wildman–Crippen MR) is 69.2 cm³/mol. The molecule has 0 spiro atoms. The molecular weight excluding hydrogens is 230 g/mol. The van der Waals surface area contributed by atoms with Gasteiger partial charge < -0.3 is 15.5 Å². The molecule has 0 saturated heterocycles. The van der Waals surface area contributed by atoms with Crippen LogP contribution in [0.5, 0.6) is 0 Å². The Morgan fingerprint density at radius 2 is 2.17 bits per heavy atom. The average molecular weight is 247 g/mol. The van der Waals surface area contributed by atoms with Gasteiger partial charge in [-0.25, -0.2) is 0 Å². The third kappa shape index (κ3) is 2.87. The van der Waals surface area contributed by atoms with Gasteiger partial charge in [0.05, 0.1) is 6.54 Å². The number of carbonyl (C=O) groups excluding carboxylic acids is 2. The minimum absolute atomic E-state index is 0.0453. The molecule has 0 unspecified atom stereocenters. The first kappa shape index (κ1) is 12.6. The third-order valence-electron chi connectivity index (χ3n) is 2.90. The summed E-state index contributed by atoms with van der Waals surface area (Å²) >= 11 is 0. The lowest BCUT2D eigenvalue weighted by Gasteiger charge is -2.22. The molecule has 1 aromatic carbocycles. The van der Waals surface area contributed by atoms with Crippen LogP contribution in [0.2, 0.25) is 0 Å². The number of hydrogen-bond acceptors (Lipinski definition) is 3. The van der Waals surface area contributed by atoms with Crippen LogP contribution in [0, 0.1) is 0 Å². The van der Waals surface area contributed by atoms with Crippen molar-refractivity contribution in [3.05, 3.63) is 29.8 Å². The van der Waals surface area contributed by atoms with Gasteiger partial charge in [-0.3, -0.25) is 9.59 Å². The van der Waals surface area contributed by atoms with E-state index in [1.54, 1.807) is 4.90 Å². The van der Waals surface area contributed by atoms with Gasteiger partial charge in [-0.2, -0.15) is 0 Å². The summed E-state index contributed by atoms with van der Waals surface area (Å²) < 4.78 is 0. The molecule has 0 aliphatic carbocycles.